The molecule has 1 rings (SSSR count). The number of amides is 1. The first-order valence-electron chi connectivity index (χ1n) is 11.3. The van der Waals surface area contributed by atoms with Crippen LogP contribution < -0.4 is 5.32 Å². The average Bonchev–Trinajstić information content (AvgIpc) is 3.11. The summed E-state index contributed by atoms with van der Waals surface area (Å²) in [5.74, 6) is 1.71. The van der Waals surface area contributed by atoms with Crippen LogP contribution >= 0.6 is 24.0 Å². The number of carbonyl (C=O) groups excluding carboxylic acids is 1. The molecule has 1 aliphatic heterocycles. The van der Waals surface area contributed by atoms with E-state index in [0.29, 0.717) is 12.5 Å². The van der Waals surface area contributed by atoms with Gasteiger partial charge in [-0.15, -0.1) is 24.0 Å². The van der Waals surface area contributed by atoms with Crippen molar-refractivity contribution in [2.45, 2.75) is 73.0 Å². The number of guanidine groups is 1. The van der Waals surface area contributed by atoms with Crippen molar-refractivity contribution in [2.75, 3.05) is 52.9 Å². The van der Waals surface area contributed by atoms with Gasteiger partial charge in [0.25, 0.3) is 0 Å². The Morgan fingerprint density at radius 2 is 1.90 bits per heavy atom. The summed E-state index contributed by atoms with van der Waals surface area (Å²) in [5.41, 5.74) is -0.473. The van der Waals surface area contributed by atoms with Crippen molar-refractivity contribution in [2.24, 2.45) is 10.9 Å². The van der Waals surface area contributed by atoms with Crippen LogP contribution in [-0.4, -0.2) is 91.3 Å². The second-order valence-electron chi connectivity index (χ2n) is 9.05. The lowest BCUT2D eigenvalue weighted by Gasteiger charge is -2.28. The number of rotatable bonds is 9. The zero-order chi connectivity index (χ0) is 22.0. The Bertz CT molecular complexity index is 520. The zero-order valence-electron chi connectivity index (χ0n) is 20.5. The van der Waals surface area contributed by atoms with Crippen LogP contribution in [-0.2, 0) is 4.74 Å². The van der Waals surface area contributed by atoms with Crippen LogP contribution in [0.2, 0.25) is 0 Å². The Kier molecular flexibility index (Phi) is 14.0. The molecule has 0 aromatic heterocycles. The van der Waals surface area contributed by atoms with E-state index >= 15 is 0 Å². The van der Waals surface area contributed by atoms with Crippen LogP contribution in [0.3, 0.4) is 0 Å². The number of halogens is 1. The lowest BCUT2D eigenvalue weighted by molar-refractivity contribution is 0.0231. The summed E-state index contributed by atoms with van der Waals surface area (Å²) in [6.45, 7) is 21.4. The van der Waals surface area contributed by atoms with Crippen LogP contribution in [0.15, 0.2) is 4.99 Å². The minimum atomic E-state index is -0.473. The van der Waals surface area contributed by atoms with Gasteiger partial charge in [-0.3, -0.25) is 4.99 Å². The van der Waals surface area contributed by atoms with Crippen molar-refractivity contribution in [3.63, 3.8) is 0 Å². The highest BCUT2D eigenvalue weighted by molar-refractivity contribution is 14.0. The maximum absolute atomic E-state index is 12.2. The van der Waals surface area contributed by atoms with E-state index in [0.717, 1.165) is 45.1 Å². The van der Waals surface area contributed by atoms with Gasteiger partial charge in [-0.1, -0.05) is 13.8 Å². The summed E-state index contributed by atoms with van der Waals surface area (Å²) in [4.78, 5) is 23.6. The maximum Gasteiger partial charge on any atom is 0.410 e. The third kappa shape index (κ3) is 10.5. The fourth-order valence-electron chi connectivity index (χ4n) is 3.51. The summed E-state index contributed by atoms with van der Waals surface area (Å²) in [6.07, 6.45) is 1.75. The van der Waals surface area contributed by atoms with Gasteiger partial charge in [-0.25, -0.2) is 4.79 Å². The predicted octanol–water partition coefficient (Wildman–Crippen LogP) is 3.88. The van der Waals surface area contributed by atoms with Crippen LogP contribution in [0.1, 0.15) is 61.3 Å². The molecule has 30 heavy (non-hydrogen) atoms. The molecule has 1 heterocycles. The summed E-state index contributed by atoms with van der Waals surface area (Å²) in [5, 5.41) is 3.44. The lowest BCUT2D eigenvalue weighted by Crippen LogP contribution is -2.41. The number of hydrogen-bond acceptors (Lipinski definition) is 4. The van der Waals surface area contributed by atoms with Gasteiger partial charge in [0.2, 0.25) is 0 Å². The molecule has 1 amide bonds. The molecule has 0 bridgehead atoms. The molecule has 2 unspecified atom stereocenters. The van der Waals surface area contributed by atoms with E-state index in [1.54, 1.807) is 11.9 Å². The summed E-state index contributed by atoms with van der Waals surface area (Å²) in [7, 11) is 1.80. The minimum Gasteiger partial charge on any atom is -0.444 e. The Balaban J connectivity index is 0.00000841. The topological polar surface area (TPSA) is 60.4 Å². The summed E-state index contributed by atoms with van der Waals surface area (Å²) in [6, 6.07) is 0.0745. The van der Waals surface area contributed by atoms with E-state index in [1.165, 1.54) is 13.0 Å². The molecular formula is C22H46IN5O2. The Morgan fingerprint density at radius 1 is 1.27 bits per heavy atom. The van der Waals surface area contributed by atoms with E-state index in [4.69, 9.17) is 9.73 Å². The molecule has 0 aromatic carbocycles. The Morgan fingerprint density at radius 3 is 2.43 bits per heavy atom. The van der Waals surface area contributed by atoms with Crippen molar-refractivity contribution >= 4 is 36.0 Å². The van der Waals surface area contributed by atoms with Gasteiger partial charge in [0.1, 0.15) is 5.60 Å². The Labute approximate surface area is 202 Å². The van der Waals surface area contributed by atoms with E-state index in [2.05, 4.69) is 35.9 Å². The average molecular weight is 540 g/mol. The molecule has 1 saturated heterocycles. The molecule has 1 N–H and O–H groups in total. The molecule has 8 heteroatoms. The number of nitrogens with one attached hydrogen (secondary N) is 1. The molecular weight excluding hydrogens is 493 g/mol. The van der Waals surface area contributed by atoms with Gasteiger partial charge in [-0.2, -0.15) is 0 Å². The number of carbonyl (C=O) groups is 1. The summed E-state index contributed by atoms with van der Waals surface area (Å²) < 4.78 is 5.46. The quantitative estimate of drug-likeness (QED) is 0.274. The third-order valence-electron chi connectivity index (χ3n) is 5.48. The molecule has 0 radical (unpaired) electrons. The highest BCUT2D eigenvalue weighted by Crippen LogP contribution is 2.18. The smallest absolute Gasteiger partial charge is 0.410 e. The number of ether oxygens (including phenoxy) is 1. The molecule has 7 nitrogen and oxygen atoms in total. The van der Waals surface area contributed by atoms with Gasteiger partial charge < -0.3 is 24.8 Å². The van der Waals surface area contributed by atoms with E-state index in [9.17, 15) is 4.79 Å². The van der Waals surface area contributed by atoms with Gasteiger partial charge in [0.05, 0.1) is 0 Å². The maximum atomic E-state index is 12.2. The van der Waals surface area contributed by atoms with Crippen molar-refractivity contribution < 1.29 is 9.53 Å². The fraction of sp³-hybridized carbons (Fsp3) is 0.909. The normalized spacial score (nSPS) is 18.2. The van der Waals surface area contributed by atoms with E-state index in [1.807, 2.05) is 27.7 Å². The number of likely N-dealkylation sites (tertiary alicyclic amines) is 1. The molecule has 178 valence electrons. The number of aliphatic imine (C=N–C) groups is 1. The number of hydrogen-bond donors (Lipinski definition) is 1. The molecule has 0 aromatic rings. The molecule has 1 aliphatic rings. The van der Waals surface area contributed by atoms with Crippen molar-refractivity contribution in [3.05, 3.63) is 0 Å². The predicted molar refractivity (Wildman–Crippen MR) is 137 cm³/mol. The zero-order valence-corrected chi connectivity index (χ0v) is 22.9. The van der Waals surface area contributed by atoms with Gasteiger partial charge >= 0.3 is 6.09 Å². The minimum absolute atomic E-state index is 0. The van der Waals surface area contributed by atoms with Gasteiger partial charge in [0, 0.05) is 45.8 Å². The monoisotopic (exact) mass is 539 g/mol. The van der Waals surface area contributed by atoms with Crippen LogP contribution in [0.25, 0.3) is 0 Å². The standard InChI is InChI=1S/C22H45N5O2.HI/c1-9-23-20(27-15-13-19(17-27)16-26(10-2)11-3)24-14-12-18(4)25(8)21(28)29-22(5,6)7;/h18-19H,9-17H2,1-8H3,(H,23,24);1H. The first-order valence-corrected chi connectivity index (χ1v) is 11.3. The van der Waals surface area contributed by atoms with Crippen molar-refractivity contribution in [1.82, 2.24) is 20.0 Å². The summed E-state index contributed by atoms with van der Waals surface area (Å²) >= 11 is 0. The Hall–Kier alpha value is -0.770. The molecule has 0 aliphatic carbocycles. The first-order chi connectivity index (χ1) is 13.6. The number of nitrogens with zero attached hydrogens (tertiary/aromatic N) is 4. The highest BCUT2D eigenvalue weighted by atomic mass is 127. The van der Waals surface area contributed by atoms with Gasteiger partial charge in [-0.05, 0) is 66.5 Å². The molecule has 0 saturated carbocycles. The highest BCUT2D eigenvalue weighted by Gasteiger charge is 2.26. The van der Waals surface area contributed by atoms with Crippen LogP contribution in [0.4, 0.5) is 4.79 Å². The van der Waals surface area contributed by atoms with E-state index in [-0.39, 0.29) is 36.1 Å². The second-order valence-corrected chi connectivity index (χ2v) is 9.05. The largest absolute Gasteiger partial charge is 0.444 e. The van der Waals surface area contributed by atoms with Crippen molar-refractivity contribution in [3.8, 4) is 0 Å². The second kappa shape index (κ2) is 14.3. The lowest BCUT2D eigenvalue weighted by atomic mass is 10.1. The first kappa shape index (κ1) is 29.2. The van der Waals surface area contributed by atoms with Crippen molar-refractivity contribution in [1.29, 1.82) is 0 Å². The molecule has 0 spiro atoms. The van der Waals surface area contributed by atoms with Crippen LogP contribution in [0.5, 0.6) is 0 Å². The van der Waals surface area contributed by atoms with E-state index < -0.39 is 5.60 Å². The molecule has 1 fully saturated rings. The molecule has 2 atom stereocenters. The van der Waals surface area contributed by atoms with Gasteiger partial charge in [0.15, 0.2) is 5.96 Å². The SMILES string of the molecule is CCNC(=NCCC(C)N(C)C(=O)OC(C)(C)C)N1CCC(CN(CC)CC)C1.I. The van der Waals surface area contributed by atoms with Crippen LogP contribution in [0, 0.1) is 5.92 Å². The fourth-order valence-corrected chi connectivity index (χ4v) is 3.51. The third-order valence-corrected chi connectivity index (χ3v) is 5.48.